The molecule has 1 N–H and O–H groups in total. The third-order valence-corrected chi connectivity index (χ3v) is 5.64. The van der Waals surface area contributed by atoms with Gasteiger partial charge in [-0.25, -0.2) is 8.42 Å². The lowest BCUT2D eigenvalue weighted by atomic mass is 10.2. The Labute approximate surface area is 151 Å². The molecule has 0 aliphatic carbocycles. The summed E-state index contributed by atoms with van der Waals surface area (Å²) in [6.07, 6.45) is 4.86. The monoisotopic (exact) mass is 379 g/mol. The first-order valence-corrected chi connectivity index (χ1v) is 10.3. The van der Waals surface area contributed by atoms with Crippen molar-refractivity contribution in [3.05, 3.63) is 52.5 Å². The van der Waals surface area contributed by atoms with Gasteiger partial charge in [0.1, 0.15) is 11.4 Å². The highest BCUT2D eigenvalue weighted by Gasteiger charge is 2.26. The molecule has 1 saturated heterocycles. The Morgan fingerprint density at radius 2 is 2.04 bits per heavy atom. The Morgan fingerprint density at radius 3 is 2.62 bits per heavy atom. The zero-order chi connectivity index (χ0) is 18.7. The van der Waals surface area contributed by atoms with Crippen LogP contribution in [0.25, 0.3) is 0 Å². The molecule has 1 aromatic heterocycles. The van der Waals surface area contributed by atoms with Gasteiger partial charge in [0.25, 0.3) is 5.69 Å². The zero-order valence-electron chi connectivity index (χ0n) is 14.4. The molecule has 2 aromatic rings. The van der Waals surface area contributed by atoms with E-state index in [2.05, 4.69) is 10.2 Å². The molecule has 1 atom stereocenters. The van der Waals surface area contributed by atoms with E-state index in [4.69, 9.17) is 4.42 Å². The number of nitrogens with zero attached hydrogens (tertiary/aromatic N) is 2. The molecule has 0 radical (unpaired) electrons. The summed E-state index contributed by atoms with van der Waals surface area (Å²) in [5.74, 6) is 0.801. The summed E-state index contributed by atoms with van der Waals surface area (Å²) in [6.45, 7) is 2.32. The van der Waals surface area contributed by atoms with Crippen LogP contribution in [-0.2, 0) is 9.84 Å². The van der Waals surface area contributed by atoms with Crippen LogP contribution >= 0.6 is 0 Å². The number of sulfone groups is 1. The van der Waals surface area contributed by atoms with Crippen molar-refractivity contribution in [2.45, 2.75) is 23.8 Å². The summed E-state index contributed by atoms with van der Waals surface area (Å²) < 4.78 is 28.8. The standard InChI is InChI=1S/C17H21N3O5S/c1-26(23,24)13-6-7-14(15(11-13)20(21)22)18-12-16(17-5-4-10-25-17)19-8-2-3-9-19/h4-7,10-11,16,18H,2-3,8-9,12H2,1H3. The van der Waals surface area contributed by atoms with Crippen molar-refractivity contribution in [2.24, 2.45) is 0 Å². The molecule has 9 heteroatoms. The minimum atomic E-state index is -3.51. The molecule has 1 aromatic carbocycles. The number of likely N-dealkylation sites (tertiary alicyclic amines) is 1. The number of nitro groups is 1. The SMILES string of the molecule is CS(=O)(=O)c1ccc(NCC(c2ccco2)N2CCCC2)c([N+](=O)[O-])c1. The van der Waals surface area contributed by atoms with E-state index in [-0.39, 0.29) is 22.3 Å². The van der Waals surface area contributed by atoms with Crippen LogP contribution in [0.2, 0.25) is 0 Å². The number of nitrogens with one attached hydrogen (secondary N) is 1. The van der Waals surface area contributed by atoms with Gasteiger partial charge in [-0.3, -0.25) is 15.0 Å². The molecule has 1 fully saturated rings. The normalized spacial score (nSPS) is 16.5. The molecule has 2 heterocycles. The molecule has 0 spiro atoms. The van der Waals surface area contributed by atoms with Gasteiger partial charge in [-0.15, -0.1) is 0 Å². The average molecular weight is 379 g/mol. The summed E-state index contributed by atoms with van der Waals surface area (Å²) in [6, 6.07) is 7.59. The Hall–Kier alpha value is -2.39. The van der Waals surface area contributed by atoms with E-state index in [1.165, 1.54) is 12.1 Å². The second-order valence-electron chi connectivity index (χ2n) is 6.36. The molecule has 1 unspecified atom stereocenters. The van der Waals surface area contributed by atoms with Crippen LogP contribution in [0.15, 0.2) is 45.9 Å². The van der Waals surface area contributed by atoms with Crippen molar-refractivity contribution in [3.8, 4) is 0 Å². The number of hydrogen-bond donors (Lipinski definition) is 1. The largest absolute Gasteiger partial charge is 0.468 e. The summed E-state index contributed by atoms with van der Waals surface area (Å²) in [4.78, 5) is 13.0. The van der Waals surface area contributed by atoms with Gasteiger partial charge in [0.15, 0.2) is 9.84 Å². The first-order valence-electron chi connectivity index (χ1n) is 8.36. The summed E-state index contributed by atoms with van der Waals surface area (Å²) >= 11 is 0. The van der Waals surface area contributed by atoms with Crippen LogP contribution in [0.5, 0.6) is 0 Å². The van der Waals surface area contributed by atoms with Crippen LogP contribution in [0.4, 0.5) is 11.4 Å². The smallest absolute Gasteiger partial charge is 0.293 e. The number of rotatable bonds is 7. The highest BCUT2D eigenvalue weighted by molar-refractivity contribution is 7.90. The fourth-order valence-electron chi connectivity index (χ4n) is 3.19. The topological polar surface area (TPSA) is 106 Å². The molecule has 140 valence electrons. The maximum absolute atomic E-state index is 11.7. The highest BCUT2D eigenvalue weighted by Crippen LogP contribution is 2.30. The Morgan fingerprint density at radius 1 is 1.31 bits per heavy atom. The van der Waals surface area contributed by atoms with Gasteiger partial charge >= 0.3 is 0 Å². The number of furan rings is 1. The number of nitro benzene ring substituents is 1. The van der Waals surface area contributed by atoms with Gasteiger partial charge in [0, 0.05) is 18.9 Å². The van der Waals surface area contributed by atoms with Crippen molar-refractivity contribution in [2.75, 3.05) is 31.2 Å². The molecule has 0 bridgehead atoms. The molecular formula is C17H21N3O5S. The third kappa shape index (κ3) is 4.05. The minimum absolute atomic E-state index is 0.0401. The second-order valence-corrected chi connectivity index (χ2v) is 8.38. The summed E-state index contributed by atoms with van der Waals surface area (Å²) in [5, 5.41) is 14.5. The van der Waals surface area contributed by atoms with Crippen LogP contribution < -0.4 is 5.32 Å². The van der Waals surface area contributed by atoms with E-state index < -0.39 is 14.8 Å². The highest BCUT2D eigenvalue weighted by atomic mass is 32.2. The van der Waals surface area contributed by atoms with Crippen molar-refractivity contribution in [3.63, 3.8) is 0 Å². The molecule has 3 rings (SSSR count). The van der Waals surface area contributed by atoms with E-state index in [1.807, 2.05) is 12.1 Å². The first kappa shape index (κ1) is 18.4. The Kier molecular flexibility index (Phi) is 5.28. The zero-order valence-corrected chi connectivity index (χ0v) is 15.2. The lowest BCUT2D eigenvalue weighted by molar-refractivity contribution is -0.384. The number of benzene rings is 1. The van der Waals surface area contributed by atoms with E-state index in [0.717, 1.165) is 44.0 Å². The maximum atomic E-state index is 11.7. The third-order valence-electron chi connectivity index (χ3n) is 4.53. The van der Waals surface area contributed by atoms with Crippen LogP contribution in [0, 0.1) is 10.1 Å². The van der Waals surface area contributed by atoms with Crippen LogP contribution in [0.1, 0.15) is 24.6 Å². The van der Waals surface area contributed by atoms with E-state index in [0.29, 0.717) is 6.54 Å². The lowest BCUT2D eigenvalue weighted by Gasteiger charge is -2.26. The van der Waals surface area contributed by atoms with Gasteiger partial charge < -0.3 is 9.73 Å². The van der Waals surface area contributed by atoms with E-state index in [1.54, 1.807) is 6.26 Å². The van der Waals surface area contributed by atoms with Crippen LogP contribution in [0.3, 0.4) is 0 Å². The Balaban J connectivity index is 1.84. The van der Waals surface area contributed by atoms with Gasteiger partial charge in [0.05, 0.1) is 22.1 Å². The molecule has 0 saturated carbocycles. The second kappa shape index (κ2) is 7.46. The number of hydrogen-bond acceptors (Lipinski definition) is 7. The molecular weight excluding hydrogens is 358 g/mol. The molecule has 26 heavy (non-hydrogen) atoms. The van der Waals surface area contributed by atoms with Gasteiger partial charge in [-0.1, -0.05) is 0 Å². The fourth-order valence-corrected chi connectivity index (χ4v) is 3.83. The van der Waals surface area contributed by atoms with E-state index >= 15 is 0 Å². The van der Waals surface area contributed by atoms with Crippen molar-refractivity contribution < 1.29 is 17.8 Å². The maximum Gasteiger partial charge on any atom is 0.293 e. The quantitative estimate of drug-likeness (QED) is 0.582. The van der Waals surface area contributed by atoms with Gasteiger partial charge in [0.2, 0.25) is 0 Å². The van der Waals surface area contributed by atoms with Crippen molar-refractivity contribution in [1.29, 1.82) is 0 Å². The summed E-state index contributed by atoms with van der Waals surface area (Å²) in [5.41, 5.74) is 0.0331. The first-order chi connectivity index (χ1) is 12.4. The molecule has 1 aliphatic heterocycles. The molecule has 0 amide bonds. The van der Waals surface area contributed by atoms with Gasteiger partial charge in [-0.05, 0) is 50.2 Å². The van der Waals surface area contributed by atoms with Crippen molar-refractivity contribution >= 4 is 21.2 Å². The van der Waals surface area contributed by atoms with Crippen molar-refractivity contribution in [1.82, 2.24) is 4.90 Å². The van der Waals surface area contributed by atoms with Gasteiger partial charge in [-0.2, -0.15) is 0 Å². The summed E-state index contributed by atoms with van der Waals surface area (Å²) in [7, 11) is -3.51. The molecule has 1 aliphatic rings. The Bertz CT molecular complexity index is 874. The minimum Gasteiger partial charge on any atom is -0.468 e. The van der Waals surface area contributed by atoms with E-state index in [9.17, 15) is 18.5 Å². The average Bonchev–Trinajstić information content (AvgIpc) is 3.28. The number of anilines is 1. The fraction of sp³-hybridized carbons (Fsp3) is 0.412. The predicted molar refractivity (Wildman–Crippen MR) is 97.0 cm³/mol. The van der Waals surface area contributed by atoms with Crippen LogP contribution in [-0.4, -0.2) is 44.1 Å². The molecule has 8 nitrogen and oxygen atoms in total. The lowest BCUT2D eigenvalue weighted by Crippen LogP contribution is -2.30. The predicted octanol–water partition coefficient (Wildman–Crippen LogP) is 2.84.